The van der Waals surface area contributed by atoms with Crippen LogP contribution in [0.4, 0.5) is 17.2 Å². The minimum Gasteiger partial charge on any atom is -0.319 e. The van der Waals surface area contributed by atoms with Gasteiger partial charge in [-0.05, 0) is 77.6 Å². The molecule has 42 heavy (non-hydrogen) atoms. The molecule has 1 saturated heterocycles. The van der Waals surface area contributed by atoms with Gasteiger partial charge in [-0.15, -0.1) is 24.8 Å². The molecule has 0 bridgehead atoms. The summed E-state index contributed by atoms with van der Waals surface area (Å²) in [5.41, 5.74) is 5.87. The van der Waals surface area contributed by atoms with Crippen LogP contribution in [0.2, 0.25) is 0 Å². The normalized spacial score (nSPS) is 15.8. The Labute approximate surface area is 263 Å². The summed E-state index contributed by atoms with van der Waals surface area (Å²) in [6.45, 7) is 13.5. The number of amides is 2. The van der Waals surface area contributed by atoms with Gasteiger partial charge in [-0.25, -0.2) is 4.98 Å². The van der Waals surface area contributed by atoms with Crippen molar-refractivity contribution in [3.8, 4) is 0 Å². The number of hydrogen-bond donors (Lipinski definition) is 1. The highest BCUT2D eigenvalue weighted by Crippen LogP contribution is 2.36. The minimum absolute atomic E-state index is 0. The molecule has 2 aromatic rings. The Bertz CT molecular complexity index is 1290. The van der Waals surface area contributed by atoms with Gasteiger partial charge in [0.05, 0.1) is 23.5 Å². The van der Waals surface area contributed by atoms with E-state index >= 15 is 0 Å². The minimum atomic E-state index is -0.234. The Morgan fingerprint density at radius 2 is 1.50 bits per heavy atom. The fourth-order valence-electron chi connectivity index (χ4n) is 5.11. The zero-order valence-electron chi connectivity index (χ0n) is 25.3. The van der Waals surface area contributed by atoms with Crippen LogP contribution in [-0.4, -0.2) is 65.9 Å². The summed E-state index contributed by atoms with van der Waals surface area (Å²) in [5.74, 6) is 0.142. The summed E-state index contributed by atoms with van der Waals surface area (Å²) in [4.78, 5) is 37.2. The number of anilines is 3. The van der Waals surface area contributed by atoms with Crippen LogP contribution in [0.15, 0.2) is 77.5 Å². The molecular formula is C33H45Cl2N5O2. The second kappa shape index (κ2) is 17.2. The summed E-state index contributed by atoms with van der Waals surface area (Å²) < 4.78 is 0. The van der Waals surface area contributed by atoms with Crippen molar-refractivity contribution in [2.75, 3.05) is 49.5 Å². The predicted octanol–water partition coefficient (Wildman–Crippen LogP) is 7.19. The maximum absolute atomic E-state index is 13.7. The molecule has 2 aliphatic rings. The first kappa shape index (κ1) is 35.2. The third-order valence-corrected chi connectivity index (χ3v) is 7.53. The van der Waals surface area contributed by atoms with E-state index < -0.39 is 0 Å². The monoisotopic (exact) mass is 613 g/mol. The molecule has 0 aliphatic carbocycles. The Morgan fingerprint density at radius 1 is 0.857 bits per heavy atom. The van der Waals surface area contributed by atoms with Gasteiger partial charge in [-0.3, -0.25) is 24.3 Å². The quantitative estimate of drug-likeness (QED) is 0.287. The molecule has 0 radical (unpaired) electrons. The van der Waals surface area contributed by atoms with E-state index in [1.807, 2.05) is 18.2 Å². The number of nitrogens with zero attached hydrogens (tertiary/aromatic N) is 4. The summed E-state index contributed by atoms with van der Waals surface area (Å²) in [7, 11) is 0. The molecule has 2 amide bonds. The molecule has 9 heteroatoms. The van der Waals surface area contributed by atoms with Gasteiger partial charge in [0.1, 0.15) is 0 Å². The number of benzene rings is 1. The van der Waals surface area contributed by atoms with E-state index in [0.29, 0.717) is 22.8 Å². The van der Waals surface area contributed by atoms with Crippen LogP contribution in [0.25, 0.3) is 0 Å². The van der Waals surface area contributed by atoms with E-state index in [0.717, 1.165) is 58.4 Å². The number of carbonyl (C=O) groups excluding carboxylic acids is 2. The van der Waals surface area contributed by atoms with E-state index in [-0.39, 0.29) is 43.2 Å². The Morgan fingerprint density at radius 3 is 2.21 bits per heavy atom. The van der Waals surface area contributed by atoms with Gasteiger partial charge in [0, 0.05) is 38.9 Å². The highest BCUT2D eigenvalue weighted by molar-refractivity contribution is 6.17. The van der Waals surface area contributed by atoms with Crippen LogP contribution in [0.5, 0.6) is 0 Å². The van der Waals surface area contributed by atoms with E-state index in [9.17, 15) is 9.59 Å². The lowest BCUT2D eigenvalue weighted by molar-refractivity contribution is -0.119. The summed E-state index contributed by atoms with van der Waals surface area (Å²) in [6.07, 6.45) is 13.2. The molecule has 4 rings (SSSR count). The van der Waals surface area contributed by atoms with Crippen molar-refractivity contribution in [2.45, 2.75) is 53.4 Å². The standard InChI is InChI=1S/C33H43N5O2.2ClH/c1-25(2)10-7-11-26(3)12-8-13-27(4)17-19-36-20-22-37(23-21-36)24-31(39)38-30-16-6-5-14-28(30)33(40)35-29-15-9-18-34-32(29)38;;/h5-6,9-10,12,14-18H,7-8,11,13,19-24H2,1-4H3,(H,35,40);2*1H. The Kier molecular flexibility index (Phi) is 14.4. The zero-order valence-corrected chi connectivity index (χ0v) is 26.9. The van der Waals surface area contributed by atoms with Crippen molar-refractivity contribution < 1.29 is 9.59 Å². The highest BCUT2D eigenvalue weighted by atomic mass is 35.5. The smallest absolute Gasteiger partial charge is 0.257 e. The van der Waals surface area contributed by atoms with Crippen LogP contribution in [0.3, 0.4) is 0 Å². The van der Waals surface area contributed by atoms with E-state index in [4.69, 9.17) is 0 Å². The van der Waals surface area contributed by atoms with Crippen molar-refractivity contribution in [1.82, 2.24) is 14.8 Å². The number of para-hydroxylation sites is 1. The maximum atomic E-state index is 13.7. The van der Waals surface area contributed by atoms with Gasteiger partial charge in [-0.1, -0.05) is 47.1 Å². The van der Waals surface area contributed by atoms with Gasteiger partial charge < -0.3 is 5.32 Å². The number of nitrogens with one attached hydrogen (secondary N) is 1. The fourth-order valence-corrected chi connectivity index (χ4v) is 5.11. The lowest BCUT2D eigenvalue weighted by atomic mass is 10.1. The molecule has 3 heterocycles. The third-order valence-electron chi connectivity index (χ3n) is 7.53. The Balaban J connectivity index is 0.00000308. The van der Waals surface area contributed by atoms with Gasteiger partial charge in [0.25, 0.3) is 5.91 Å². The molecule has 1 aromatic carbocycles. The number of piperazine rings is 1. The van der Waals surface area contributed by atoms with Crippen LogP contribution < -0.4 is 10.2 Å². The van der Waals surface area contributed by atoms with Crippen LogP contribution in [0.1, 0.15) is 63.7 Å². The number of fused-ring (bicyclic) bond motifs is 2. The number of halogens is 2. The Hall–Kier alpha value is -2.97. The fraction of sp³-hybridized carbons (Fsp3) is 0.424. The number of pyridine rings is 1. The topological polar surface area (TPSA) is 68.8 Å². The SMILES string of the molecule is CC(C)=CCCC(C)=CCCC(C)=CCN1CCN(CC(=O)N2c3ccccc3C(=O)Nc3cccnc32)CC1.Cl.Cl. The number of rotatable bonds is 10. The third kappa shape index (κ3) is 9.80. The molecule has 0 unspecified atom stereocenters. The second-order valence-electron chi connectivity index (χ2n) is 11.1. The van der Waals surface area contributed by atoms with Crippen molar-refractivity contribution in [1.29, 1.82) is 0 Å². The lowest BCUT2D eigenvalue weighted by Crippen LogP contribution is -2.49. The summed E-state index contributed by atoms with van der Waals surface area (Å²) in [5, 5.41) is 2.90. The zero-order chi connectivity index (χ0) is 28.5. The first-order chi connectivity index (χ1) is 19.3. The molecule has 0 spiro atoms. The second-order valence-corrected chi connectivity index (χ2v) is 11.1. The molecule has 1 N–H and O–H groups in total. The molecular weight excluding hydrogens is 569 g/mol. The van der Waals surface area contributed by atoms with Gasteiger partial charge in [0.15, 0.2) is 5.82 Å². The molecule has 2 aliphatic heterocycles. The summed E-state index contributed by atoms with van der Waals surface area (Å²) >= 11 is 0. The highest BCUT2D eigenvalue weighted by Gasteiger charge is 2.31. The number of aromatic nitrogens is 1. The van der Waals surface area contributed by atoms with Gasteiger partial charge in [-0.2, -0.15) is 0 Å². The van der Waals surface area contributed by atoms with Gasteiger partial charge in [0.2, 0.25) is 5.91 Å². The first-order valence-corrected chi connectivity index (χ1v) is 14.4. The van der Waals surface area contributed by atoms with Gasteiger partial charge >= 0.3 is 0 Å². The molecule has 7 nitrogen and oxygen atoms in total. The number of allylic oxidation sites excluding steroid dienone is 5. The molecule has 1 aromatic heterocycles. The molecule has 0 saturated carbocycles. The van der Waals surface area contributed by atoms with Crippen LogP contribution in [0, 0.1) is 0 Å². The average Bonchev–Trinajstić information content (AvgIpc) is 3.06. The largest absolute Gasteiger partial charge is 0.319 e. The molecule has 228 valence electrons. The lowest BCUT2D eigenvalue weighted by Gasteiger charge is -2.35. The van der Waals surface area contributed by atoms with E-state index in [1.54, 1.807) is 29.3 Å². The molecule has 0 atom stereocenters. The first-order valence-electron chi connectivity index (χ1n) is 14.4. The van der Waals surface area contributed by atoms with Crippen molar-refractivity contribution >= 4 is 53.8 Å². The number of carbonyl (C=O) groups is 2. The average molecular weight is 615 g/mol. The van der Waals surface area contributed by atoms with Crippen LogP contribution >= 0.6 is 24.8 Å². The summed E-state index contributed by atoms with van der Waals surface area (Å²) in [6, 6.07) is 10.8. The van der Waals surface area contributed by atoms with Crippen molar-refractivity contribution in [3.05, 3.63) is 83.1 Å². The van der Waals surface area contributed by atoms with Crippen molar-refractivity contribution in [2.24, 2.45) is 0 Å². The van der Waals surface area contributed by atoms with Crippen molar-refractivity contribution in [3.63, 3.8) is 0 Å². The van der Waals surface area contributed by atoms with E-state index in [2.05, 4.69) is 66.0 Å². The van der Waals surface area contributed by atoms with Crippen LogP contribution in [-0.2, 0) is 4.79 Å². The predicted molar refractivity (Wildman–Crippen MR) is 179 cm³/mol. The maximum Gasteiger partial charge on any atom is 0.257 e. The number of hydrogen-bond acceptors (Lipinski definition) is 5. The van der Waals surface area contributed by atoms with E-state index in [1.165, 1.54) is 16.7 Å². The molecule has 1 fully saturated rings.